The number of anilines is 1. The molecule has 0 bridgehead atoms. The molecule has 2 N–H and O–H groups in total. The number of hydrogen-bond donors (Lipinski definition) is 1. The summed E-state index contributed by atoms with van der Waals surface area (Å²) in [6, 6.07) is 4.27. The fraction of sp³-hybridized carbons (Fsp3) is 0.455. The van der Waals surface area contributed by atoms with E-state index in [1.165, 1.54) is 22.5 Å². The van der Waals surface area contributed by atoms with Gasteiger partial charge in [0.05, 0.1) is 15.6 Å². The lowest BCUT2D eigenvalue weighted by Gasteiger charge is -2.24. The maximum absolute atomic E-state index is 12.3. The van der Waals surface area contributed by atoms with E-state index >= 15 is 0 Å². The fourth-order valence-electron chi connectivity index (χ4n) is 1.62. The van der Waals surface area contributed by atoms with Gasteiger partial charge in [-0.15, -0.1) is 0 Å². The van der Waals surface area contributed by atoms with Gasteiger partial charge in [0.25, 0.3) is 0 Å². The number of rotatable bonds is 4. The van der Waals surface area contributed by atoms with E-state index in [1.54, 1.807) is 6.92 Å². The monoisotopic (exact) mass is 276 g/mol. The predicted octanol–water partition coefficient (Wildman–Crippen LogP) is 2.34. The van der Waals surface area contributed by atoms with Crippen molar-refractivity contribution in [2.75, 3.05) is 12.3 Å². The minimum Gasteiger partial charge on any atom is -0.398 e. The van der Waals surface area contributed by atoms with E-state index in [9.17, 15) is 8.42 Å². The molecule has 17 heavy (non-hydrogen) atoms. The topological polar surface area (TPSA) is 63.4 Å². The maximum atomic E-state index is 12.3. The van der Waals surface area contributed by atoms with Crippen molar-refractivity contribution in [3.63, 3.8) is 0 Å². The van der Waals surface area contributed by atoms with Crippen molar-refractivity contribution in [1.29, 1.82) is 0 Å². The number of halogens is 1. The number of benzene rings is 1. The van der Waals surface area contributed by atoms with E-state index in [4.69, 9.17) is 17.3 Å². The molecule has 6 heteroatoms. The largest absolute Gasteiger partial charge is 0.398 e. The molecule has 0 fully saturated rings. The summed E-state index contributed by atoms with van der Waals surface area (Å²) in [6.45, 7) is 5.89. The van der Waals surface area contributed by atoms with Gasteiger partial charge in [-0.25, -0.2) is 8.42 Å². The average molecular weight is 277 g/mol. The summed E-state index contributed by atoms with van der Waals surface area (Å²) in [6.07, 6.45) is 0. The number of nitrogen functional groups attached to an aromatic ring is 1. The third-order valence-electron chi connectivity index (χ3n) is 2.47. The molecule has 0 spiro atoms. The average Bonchev–Trinajstić information content (AvgIpc) is 2.21. The summed E-state index contributed by atoms with van der Waals surface area (Å²) in [5, 5.41) is 0.255. The molecule has 96 valence electrons. The van der Waals surface area contributed by atoms with E-state index in [-0.39, 0.29) is 16.0 Å². The zero-order valence-electron chi connectivity index (χ0n) is 10.1. The number of nitrogens with two attached hydrogens (primary N) is 1. The van der Waals surface area contributed by atoms with E-state index in [0.29, 0.717) is 12.2 Å². The first kappa shape index (κ1) is 14.3. The Morgan fingerprint density at radius 2 is 2.00 bits per heavy atom. The van der Waals surface area contributed by atoms with E-state index < -0.39 is 10.0 Å². The Hall–Kier alpha value is -0.780. The molecule has 1 aromatic rings. The Balaban J connectivity index is 3.25. The molecule has 1 rings (SSSR count). The van der Waals surface area contributed by atoms with Crippen molar-refractivity contribution in [2.24, 2.45) is 0 Å². The van der Waals surface area contributed by atoms with Crippen LogP contribution in [-0.4, -0.2) is 25.3 Å². The van der Waals surface area contributed by atoms with E-state index in [0.717, 1.165) is 0 Å². The van der Waals surface area contributed by atoms with Crippen LogP contribution in [0.1, 0.15) is 20.8 Å². The molecule has 0 saturated carbocycles. The maximum Gasteiger partial charge on any atom is 0.243 e. The molecule has 0 amide bonds. The molecule has 0 aromatic heterocycles. The van der Waals surface area contributed by atoms with Crippen LogP contribution in [0, 0.1) is 0 Å². The minimum atomic E-state index is -3.50. The third-order valence-corrected chi connectivity index (χ3v) is 4.94. The van der Waals surface area contributed by atoms with Crippen LogP contribution in [0.5, 0.6) is 0 Å². The molecule has 1 aromatic carbocycles. The first-order chi connectivity index (χ1) is 7.80. The molecule has 0 atom stereocenters. The smallest absolute Gasteiger partial charge is 0.243 e. The fourth-order valence-corrected chi connectivity index (χ4v) is 3.53. The van der Waals surface area contributed by atoms with Gasteiger partial charge in [-0.05, 0) is 32.0 Å². The van der Waals surface area contributed by atoms with Crippen LogP contribution in [0.25, 0.3) is 0 Å². The van der Waals surface area contributed by atoms with Gasteiger partial charge in [0, 0.05) is 12.6 Å². The van der Waals surface area contributed by atoms with Gasteiger partial charge in [0.1, 0.15) is 0 Å². The van der Waals surface area contributed by atoms with Crippen LogP contribution in [0.3, 0.4) is 0 Å². The zero-order chi connectivity index (χ0) is 13.2. The Labute approximate surface area is 107 Å². The summed E-state index contributed by atoms with van der Waals surface area (Å²) in [5.74, 6) is 0. The highest BCUT2D eigenvalue weighted by Gasteiger charge is 2.25. The van der Waals surface area contributed by atoms with Gasteiger partial charge in [0.15, 0.2) is 0 Å². The van der Waals surface area contributed by atoms with Crippen LogP contribution < -0.4 is 5.73 Å². The second-order valence-corrected chi connectivity index (χ2v) is 6.28. The van der Waals surface area contributed by atoms with Gasteiger partial charge >= 0.3 is 0 Å². The Morgan fingerprint density at radius 1 is 1.41 bits per heavy atom. The molecule has 0 aliphatic heterocycles. The van der Waals surface area contributed by atoms with Gasteiger partial charge in [-0.3, -0.25) is 0 Å². The van der Waals surface area contributed by atoms with Crippen LogP contribution in [0.2, 0.25) is 5.02 Å². The summed E-state index contributed by atoms with van der Waals surface area (Å²) < 4.78 is 26.0. The molecular weight excluding hydrogens is 260 g/mol. The molecule has 0 unspecified atom stereocenters. The summed E-state index contributed by atoms with van der Waals surface area (Å²) in [7, 11) is -3.50. The van der Waals surface area contributed by atoms with Crippen molar-refractivity contribution in [3.8, 4) is 0 Å². The van der Waals surface area contributed by atoms with Crippen molar-refractivity contribution in [3.05, 3.63) is 23.2 Å². The summed E-state index contributed by atoms with van der Waals surface area (Å²) in [4.78, 5) is 0.173. The van der Waals surface area contributed by atoms with Crippen molar-refractivity contribution >= 4 is 27.3 Å². The number of hydrogen-bond acceptors (Lipinski definition) is 3. The molecule has 4 nitrogen and oxygen atoms in total. The SMILES string of the molecule is CCN(C(C)C)S(=O)(=O)c1ccc(N)c(Cl)c1. The second-order valence-electron chi connectivity index (χ2n) is 3.99. The van der Waals surface area contributed by atoms with Crippen LogP contribution in [0.4, 0.5) is 5.69 Å². The van der Waals surface area contributed by atoms with Gasteiger partial charge < -0.3 is 5.73 Å². The Morgan fingerprint density at radius 3 is 2.41 bits per heavy atom. The molecule has 0 aliphatic rings. The predicted molar refractivity (Wildman–Crippen MR) is 70.6 cm³/mol. The Kier molecular flexibility index (Phi) is 4.41. The lowest BCUT2D eigenvalue weighted by atomic mass is 10.3. The van der Waals surface area contributed by atoms with Crippen LogP contribution in [-0.2, 0) is 10.0 Å². The van der Waals surface area contributed by atoms with E-state index in [2.05, 4.69) is 0 Å². The lowest BCUT2D eigenvalue weighted by Crippen LogP contribution is -2.36. The number of nitrogens with zero attached hydrogens (tertiary/aromatic N) is 1. The minimum absolute atomic E-state index is 0.0960. The number of sulfonamides is 1. The molecular formula is C11H17ClN2O2S. The molecule has 0 saturated heterocycles. The van der Waals surface area contributed by atoms with Crippen LogP contribution in [0.15, 0.2) is 23.1 Å². The van der Waals surface area contributed by atoms with Crippen molar-refractivity contribution in [1.82, 2.24) is 4.31 Å². The van der Waals surface area contributed by atoms with Crippen molar-refractivity contribution < 1.29 is 8.42 Å². The molecule has 0 heterocycles. The summed E-state index contributed by atoms with van der Waals surface area (Å²) in [5.41, 5.74) is 5.93. The molecule has 0 radical (unpaired) electrons. The quantitative estimate of drug-likeness (QED) is 0.859. The summed E-state index contributed by atoms with van der Waals surface area (Å²) >= 11 is 5.84. The normalized spacial score (nSPS) is 12.4. The van der Waals surface area contributed by atoms with Crippen molar-refractivity contribution in [2.45, 2.75) is 31.7 Å². The Bertz CT molecular complexity index is 500. The van der Waals surface area contributed by atoms with Crippen LogP contribution >= 0.6 is 11.6 Å². The van der Waals surface area contributed by atoms with E-state index in [1.807, 2.05) is 13.8 Å². The standard InChI is InChI=1S/C11H17ClN2O2S/c1-4-14(8(2)3)17(15,16)9-5-6-11(13)10(12)7-9/h5-8H,4,13H2,1-3H3. The highest BCUT2D eigenvalue weighted by Crippen LogP contribution is 2.25. The lowest BCUT2D eigenvalue weighted by molar-refractivity contribution is 0.369. The third kappa shape index (κ3) is 2.91. The van der Waals surface area contributed by atoms with Gasteiger partial charge in [-0.1, -0.05) is 18.5 Å². The zero-order valence-corrected chi connectivity index (χ0v) is 11.7. The highest BCUT2D eigenvalue weighted by atomic mass is 35.5. The second kappa shape index (κ2) is 5.25. The van der Waals surface area contributed by atoms with Gasteiger partial charge in [-0.2, -0.15) is 4.31 Å². The first-order valence-electron chi connectivity index (χ1n) is 5.37. The highest BCUT2D eigenvalue weighted by molar-refractivity contribution is 7.89. The molecule has 0 aliphatic carbocycles. The first-order valence-corrected chi connectivity index (χ1v) is 7.19. The van der Waals surface area contributed by atoms with Gasteiger partial charge in [0.2, 0.25) is 10.0 Å².